The van der Waals surface area contributed by atoms with Gasteiger partial charge < -0.3 is 20.1 Å². The minimum atomic E-state index is -4.40. The lowest BCUT2D eigenvalue weighted by atomic mass is 10.1. The third-order valence-corrected chi connectivity index (χ3v) is 10.6. The van der Waals surface area contributed by atoms with Crippen LogP contribution in [0.2, 0.25) is 0 Å². The summed E-state index contributed by atoms with van der Waals surface area (Å²) in [6.07, 6.45) is 46.7. The van der Waals surface area contributed by atoms with Crippen LogP contribution < -0.4 is 5.73 Å². The molecule has 322 valence electrons. The van der Waals surface area contributed by atoms with E-state index in [1.54, 1.807) is 6.08 Å². The van der Waals surface area contributed by atoms with Gasteiger partial charge in [0.1, 0.15) is 6.61 Å². The van der Waals surface area contributed by atoms with Crippen LogP contribution in [0.4, 0.5) is 0 Å². The highest BCUT2D eigenvalue weighted by Crippen LogP contribution is 2.43. The van der Waals surface area contributed by atoms with Crippen molar-refractivity contribution in [3.8, 4) is 0 Å². The maximum atomic E-state index is 12.5. The molecule has 55 heavy (non-hydrogen) atoms. The van der Waals surface area contributed by atoms with Gasteiger partial charge in [0.2, 0.25) is 0 Å². The van der Waals surface area contributed by atoms with E-state index in [-0.39, 0.29) is 26.2 Å². The number of carbonyl (C=O) groups is 2. The lowest BCUT2D eigenvalue weighted by Gasteiger charge is -2.19. The molecule has 9 nitrogen and oxygen atoms in total. The smallest absolute Gasteiger partial charge is 0.462 e. The Labute approximate surface area is 337 Å². The summed E-state index contributed by atoms with van der Waals surface area (Å²) in [5, 5.41) is 0. The molecule has 0 radical (unpaired) electrons. The van der Waals surface area contributed by atoms with Gasteiger partial charge in [-0.05, 0) is 44.9 Å². The van der Waals surface area contributed by atoms with Gasteiger partial charge in [-0.1, -0.05) is 185 Å². The summed E-state index contributed by atoms with van der Waals surface area (Å²) >= 11 is 0. The van der Waals surface area contributed by atoms with Gasteiger partial charge >= 0.3 is 19.8 Å². The quantitative estimate of drug-likeness (QED) is 0.0154. The van der Waals surface area contributed by atoms with Gasteiger partial charge in [-0.25, -0.2) is 9.36 Å². The van der Waals surface area contributed by atoms with Gasteiger partial charge in [-0.3, -0.25) is 13.8 Å². The predicted octanol–water partition coefficient (Wildman–Crippen LogP) is 12.9. The Kier molecular flexibility index (Phi) is 40.5. The maximum absolute atomic E-state index is 12.5. The number of allylic oxidation sites excluding steroid dienone is 5. The molecule has 0 aliphatic rings. The van der Waals surface area contributed by atoms with Gasteiger partial charge in [-0.2, -0.15) is 0 Å². The summed E-state index contributed by atoms with van der Waals surface area (Å²) in [5.74, 6) is -1.08. The molecule has 0 aliphatic carbocycles. The predicted molar refractivity (Wildman–Crippen MR) is 229 cm³/mol. The lowest BCUT2D eigenvalue weighted by molar-refractivity contribution is -0.157. The molecule has 0 saturated heterocycles. The molecular weight excluding hydrogens is 713 g/mol. The molecule has 0 bridgehead atoms. The molecule has 2 atom stereocenters. The molecule has 0 fully saturated rings. The standard InChI is InChI=1S/C45H84NO8P/c1-3-5-7-9-11-13-15-17-19-20-21-22-24-25-27-29-31-33-35-37-44(47)51-41-43(42-53-55(49,50)52-40-39-46)54-45(48)38-36-34-32-30-28-26-23-18-16-14-12-10-8-6-4-2/h17,19,32,34,36,38,43H,3-16,18,20-31,33,35,37,39-42,46H2,1-2H3,(H,49,50)/b19-17+,34-32+,38-36+/t43-/m1/s1. The first kappa shape index (κ1) is 53.2. The number of carbonyl (C=O) groups excluding carboxylic acids is 2. The molecule has 0 spiro atoms. The minimum absolute atomic E-state index is 0.0407. The summed E-state index contributed by atoms with van der Waals surface area (Å²) in [6, 6.07) is 0. The van der Waals surface area contributed by atoms with Crippen LogP contribution in [0.1, 0.15) is 206 Å². The summed E-state index contributed by atoms with van der Waals surface area (Å²) in [5.41, 5.74) is 5.34. The van der Waals surface area contributed by atoms with E-state index in [1.165, 1.54) is 154 Å². The molecule has 1 unspecified atom stereocenters. The van der Waals surface area contributed by atoms with Crippen molar-refractivity contribution in [3.63, 3.8) is 0 Å². The molecule has 0 aromatic carbocycles. The first-order valence-electron chi connectivity index (χ1n) is 22.5. The van der Waals surface area contributed by atoms with Crippen LogP contribution in [0, 0.1) is 0 Å². The zero-order valence-electron chi connectivity index (χ0n) is 35.4. The summed E-state index contributed by atoms with van der Waals surface area (Å²) in [6.45, 7) is 3.62. The monoisotopic (exact) mass is 798 g/mol. The summed E-state index contributed by atoms with van der Waals surface area (Å²) in [7, 11) is -4.40. The number of esters is 2. The SMILES string of the molecule is CCCCCCCC/C=C/CCCCCCCCCCCC(=O)OC[C@H](COP(=O)(O)OCCN)OC(=O)/C=C/C=C/CCCCCCCCCCCCC. The van der Waals surface area contributed by atoms with Crippen LogP contribution >= 0.6 is 7.82 Å². The molecule has 0 aliphatic heterocycles. The molecule has 0 aromatic heterocycles. The average molecular weight is 798 g/mol. The highest BCUT2D eigenvalue weighted by atomic mass is 31.2. The van der Waals surface area contributed by atoms with Crippen LogP contribution in [0.25, 0.3) is 0 Å². The Morgan fingerprint density at radius 3 is 1.49 bits per heavy atom. The van der Waals surface area contributed by atoms with E-state index in [9.17, 15) is 19.0 Å². The Hall–Kier alpha value is -1.77. The van der Waals surface area contributed by atoms with Crippen LogP contribution in [0.15, 0.2) is 36.5 Å². The number of nitrogens with two attached hydrogens (primary N) is 1. The molecule has 0 saturated carbocycles. The zero-order chi connectivity index (χ0) is 40.3. The van der Waals surface area contributed by atoms with E-state index in [0.717, 1.165) is 38.5 Å². The number of phosphoric acid groups is 1. The first-order chi connectivity index (χ1) is 26.8. The highest BCUT2D eigenvalue weighted by Gasteiger charge is 2.25. The van der Waals surface area contributed by atoms with E-state index >= 15 is 0 Å². The Balaban J connectivity index is 4.19. The van der Waals surface area contributed by atoms with E-state index in [1.807, 2.05) is 12.2 Å². The normalized spacial score (nSPS) is 13.6. The van der Waals surface area contributed by atoms with Crippen LogP contribution in [-0.4, -0.2) is 49.3 Å². The van der Waals surface area contributed by atoms with Crippen LogP contribution in [0.3, 0.4) is 0 Å². The third kappa shape index (κ3) is 41.7. The molecule has 0 rings (SSSR count). The van der Waals surface area contributed by atoms with Gasteiger partial charge in [0.15, 0.2) is 6.10 Å². The largest absolute Gasteiger partial charge is 0.472 e. The van der Waals surface area contributed by atoms with Crippen molar-refractivity contribution in [2.75, 3.05) is 26.4 Å². The molecule has 0 amide bonds. The molecule has 0 heterocycles. The highest BCUT2D eigenvalue weighted by molar-refractivity contribution is 7.47. The maximum Gasteiger partial charge on any atom is 0.472 e. The molecular formula is C45H84NO8P. The topological polar surface area (TPSA) is 134 Å². The Morgan fingerprint density at radius 2 is 1.02 bits per heavy atom. The van der Waals surface area contributed by atoms with E-state index < -0.39 is 32.5 Å². The van der Waals surface area contributed by atoms with Crippen molar-refractivity contribution < 1.29 is 37.6 Å². The van der Waals surface area contributed by atoms with Gasteiger partial charge in [0.05, 0.1) is 13.2 Å². The van der Waals surface area contributed by atoms with Crippen molar-refractivity contribution in [3.05, 3.63) is 36.5 Å². The third-order valence-electron chi connectivity index (χ3n) is 9.61. The van der Waals surface area contributed by atoms with Crippen molar-refractivity contribution >= 4 is 19.8 Å². The van der Waals surface area contributed by atoms with E-state index in [2.05, 4.69) is 26.0 Å². The summed E-state index contributed by atoms with van der Waals surface area (Å²) < 4.78 is 32.6. The summed E-state index contributed by atoms with van der Waals surface area (Å²) in [4.78, 5) is 34.7. The Morgan fingerprint density at radius 1 is 0.582 bits per heavy atom. The second kappa shape index (κ2) is 41.9. The number of rotatable bonds is 42. The van der Waals surface area contributed by atoms with Crippen molar-refractivity contribution in [2.45, 2.75) is 213 Å². The molecule has 3 N–H and O–H groups in total. The lowest BCUT2D eigenvalue weighted by Crippen LogP contribution is -2.29. The minimum Gasteiger partial charge on any atom is -0.462 e. The van der Waals surface area contributed by atoms with Gasteiger partial charge in [-0.15, -0.1) is 0 Å². The van der Waals surface area contributed by atoms with Crippen molar-refractivity contribution in [1.29, 1.82) is 0 Å². The molecule has 10 heteroatoms. The number of hydrogen-bond acceptors (Lipinski definition) is 8. The zero-order valence-corrected chi connectivity index (χ0v) is 36.3. The number of phosphoric ester groups is 1. The fourth-order valence-corrected chi connectivity index (χ4v) is 7.01. The van der Waals surface area contributed by atoms with Crippen LogP contribution in [-0.2, 0) is 32.7 Å². The van der Waals surface area contributed by atoms with Crippen LogP contribution in [0.5, 0.6) is 0 Å². The van der Waals surface area contributed by atoms with E-state index in [4.69, 9.17) is 24.3 Å². The fourth-order valence-electron chi connectivity index (χ4n) is 6.24. The van der Waals surface area contributed by atoms with Crippen molar-refractivity contribution in [2.24, 2.45) is 5.73 Å². The van der Waals surface area contributed by atoms with Gasteiger partial charge in [0.25, 0.3) is 0 Å². The Bertz CT molecular complexity index is 1000. The number of hydrogen-bond donors (Lipinski definition) is 2. The fraction of sp³-hybridized carbons (Fsp3) is 0.822. The van der Waals surface area contributed by atoms with Gasteiger partial charge in [0, 0.05) is 19.0 Å². The number of unbranched alkanes of at least 4 members (excludes halogenated alkanes) is 26. The molecule has 0 aromatic rings. The second-order valence-corrected chi connectivity index (χ2v) is 16.4. The average Bonchev–Trinajstić information content (AvgIpc) is 3.17. The second-order valence-electron chi connectivity index (χ2n) is 15.0. The number of ether oxygens (including phenoxy) is 2. The first-order valence-corrected chi connectivity index (χ1v) is 24.0. The van der Waals surface area contributed by atoms with E-state index in [0.29, 0.717) is 0 Å². The van der Waals surface area contributed by atoms with Crippen molar-refractivity contribution in [1.82, 2.24) is 0 Å².